The van der Waals surface area contributed by atoms with E-state index < -0.39 is 6.23 Å². The highest BCUT2D eigenvalue weighted by molar-refractivity contribution is 5.99. The number of carbonyl (C=O) groups is 2. The molecule has 4 N–H and O–H groups in total. The zero-order chi connectivity index (χ0) is 34.4. The van der Waals surface area contributed by atoms with Crippen LogP contribution in [-0.4, -0.2) is 98.9 Å². The second-order valence-corrected chi connectivity index (χ2v) is 15.8. The van der Waals surface area contributed by atoms with E-state index in [4.69, 9.17) is 5.10 Å². The number of carbonyl (C=O) groups excluding carboxylic acids is 2. The first-order chi connectivity index (χ1) is 24.2. The second-order valence-electron chi connectivity index (χ2n) is 15.8. The number of anilines is 1. The Balaban J connectivity index is 0.806. The summed E-state index contributed by atoms with van der Waals surface area (Å²) >= 11 is 0. The summed E-state index contributed by atoms with van der Waals surface area (Å²) in [5.41, 5.74) is 7.59. The minimum atomic E-state index is -0.738. The Morgan fingerprint density at radius 1 is 1.00 bits per heavy atom. The van der Waals surface area contributed by atoms with Gasteiger partial charge in [0.2, 0.25) is 5.91 Å². The number of aromatic amines is 2. The molecule has 0 saturated carbocycles. The molecule has 3 aromatic heterocycles. The molecule has 3 aliphatic heterocycles. The van der Waals surface area contributed by atoms with Crippen LogP contribution in [0.5, 0.6) is 0 Å². The highest BCUT2D eigenvalue weighted by Crippen LogP contribution is 2.38. The number of hydrogen-bond donors (Lipinski definition) is 4. The molecule has 8 rings (SSSR count). The summed E-state index contributed by atoms with van der Waals surface area (Å²) < 4.78 is 0. The number of piperazine rings is 1. The Kier molecular flexibility index (Phi) is 8.89. The van der Waals surface area contributed by atoms with Crippen LogP contribution in [0, 0.1) is 11.3 Å². The number of H-pyrrole nitrogens is 2. The third-order valence-corrected chi connectivity index (χ3v) is 11.8. The number of nitrogens with zero attached hydrogens (tertiary/aromatic N) is 5. The maximum absolute atomic E-state index is 13.6. The van der Waals surface area contributed by atoms with Crippen LogP contribution in [0.1, 0.15) is 85.5 Å². The molecule has 0 spiro atoms. The lowest BCUT2D eigenvalue weighted by molar-refractivity contribution is -0.128. The fraction of sp³-hybridized carbons (Fsp3) is 0.538. The molecule has 0 bridgehead atoms. The van der Waals surface area contributed by atoms with E-state index in [0.29, 0.717) is 24.2 Å². The van der Waals surface area contributed by atoms with Crippen molar-refractivity contribution in [3.05, 3.63) is 65.0 Å². The predicted molar refractivity (Wildman–Crippen MR) is 194 cm³/mol. The minimum Gasteiger partial charge on any atom is -0.374 e. The van der Waals surface area contributed by atoms with Crippen molar-refractivity contribution >= 4 is 28.5 Å². The van der Waals surface area contributed by atoms with E-state index in [1.54, 1.807) is 0 Å². The summed E-state index contributed by atoms with van der Waals surface area (Å²) in [6.07, 6.45) is 8.93. The van der Waals surface area contributed by atoms with Gasteiger partial charge >= 0.3 is 0 Å². The van der Waals surface area contributed by atoms with E-state index in [1.807, 2.05) is 29.3 Å². The number of aliphatic hydroxyl groups excluding tert-OH is 1. The van der Waals surface area contributed by atoms with Crippen LogP contribution in [0.2, 0.25) is 0 Å². The largest absolute Gasteiger partial charge is 0.374 e. The van der Waals surface area contributed by atoms with Crippen LogP contribution in [0.3, 0.4) is 0 Å². The number of hydrogen-bond acceptors (Lipinski definition) is 7. The van der Waals surface area contributed by atoms with Gasteiger partial charge in [0.05, 0.1) is 11.6 Å². The van der Waals surface area contributed by atoms with Crippen molar-refractivity contribution < 1.29 is 14.7 Å². The van der Waals surface area contributed by atoms with Gasteiger partial charge in [0.1, 0.15) is 17.7 Å². The lowest BCUT2D eigenvalue weighted by Gasteiger charge is -2.37. The molecule has 6 heterocycles. The lowest BCUT2D eigenvalue weighted by atomic mass is 9.76. The highest BCUT2D eigenvalue weighted by atomic mass is 16.3. The van der Waals surface area contributed by atoms with Gasteiger partial charge in [-0.25, -0.2) is 4.98 Å². The molecule has 2 unspecified atom stereocenters. The van der Waals surface area contributed by atoms with Crippen LogP contribution < -0.4 is 10.2 Å². The van der Waals surface area contributed by atoms with Crippen LogP contribution in [0.4, 0.5) is 5.82 Å². The number of fused-ring (bicyclic) bond motifs is 2. The summed E-state index contributed by atoms with van der Waals surface area (Å²) in [6.45, 7) is 10.9. The van der Waals surface area contributed by atoms with Gasteiger partial charge in [-0.05, 0) is 105 Å². The molecule has 3 saturated heterocycles. The Hall–Kier alpha value is -4.22. The van der Waals surface area contributed by atoms with E-state index in [2.05, 4.69) is 62.2 Å². The Labute approximate surface area is 293 Å². The summed E-state index contributed by atoms with van der Waals surface area (Å²) in [5, 5.41) is 21.5. The van der Waals surface area contributed by atoms with Crippen molar-refractivity contribution in [3.8, 4) is 11.4 Å². The van der Waals surface area contributed by atoms with E-state index in [-0.39, 0.29) is 17.7 Å². The first-order valence-electron chi connectivity index (χ1n) is 18.6. The molecule has 2 amide bonds. The highest BCUT2D eigenvalue weighted by Gasteiger charge is 2.31. The molecule has 2 atom stereocenters. The Morgan fingerprint density at radius 2 is 1.82 bits per heavy atom. The van der Waals surface area contributed by atoms with Gasteiger partial charge in [-0.15, -0.1) is 0 Å². The van der Waals surface area contributed by atoms with Gasteiger partial charge in [-0.3, -0.25) is 19.6 Å². The van der Waals surface area contributed by atoms with Gasteiger partial charge < -0.3 is 25.2 Å². The monoisotopic (exact) mass is 678 g/mol. The van der Waals surface area contributed by atoms with Gasteiger partial charge in [0.25, 0.3) is 5.91 Å². The number of benzene rings is 1. The molecule has 3 fully saturated rings. The molecule has 11 heteroatoms. The SMILES string of the molecule is CC1(C)CCc2c(-c3cc4ccc(C(=O)N5CCN(CCC6CCN(c7cc(C8CCC(O)NC8=O)ccn7)CC6)CC5)cc4[nH]3)n[nH]c2C1. The number of amides is 2. The van der Waals surface area contributed by atoms with Crippen molar-refractivity contribution in [2.24, 2.45) is 11.3 Å². The summed E-state index contributed by atoms with van der Waals surface area (Å²) in [6, 6.07) is 12.2. The molecule has 4 aliphatic rings. The zero-order valence-electron chi connectivity index (χ0n) is 29.4. The molecule has 1 aliphatic carbocycles. The third-order valence-electron chi connectivity index (χ3n) is 11.8. The molecular weight excluding hydrogens is 628 g/mol. The number of aliphatic hydroxyl groups is 1. The number of rotatable bonds is 7. The molecule has 4 aromatic rings. The fourth-order valence-corrected chi connectivity index (χ4v) is 8.57. The third kappa shape index (κ3) is 6.77. The Bertz CT molecular complexity index is 1860. The van der Waals surface area contributed by atoms with Crippen molar-refractivity contribution in [3.63, 3.8) is 0 Å². The summed E-state index contributed by atoms with van der Waals surface area (Å²) in [4.78, 5) is 41.1. The number of pyridine rings is 1. The van der Waals surface area contributed by atoms with E-state index in [0.717, 1.165) is 117 Å². The van der Waals surface area contributed by atoms with Crippen LogP contribution in [0.25, 0.3) is 22.3 Å². The van der Waals surface area contributed by atoms with E-state index in [9.17, 15) is 14.7 Å². The quantitative estimate of drug-likeness (QED) is 0.220. The minimum absolute atomic E-state index is 0.105. The van der Waals surface area contributed by atoms with Crippen LogP contribution in [0.15, 0.2) is 42.6 Å². The standard InChI is InChI=1S/C39H50N8O3/c1-39(2)12-7-30-33(24-39)43-44-36(30)32-21-27-3-4-28(22-31(27)41-32)38(50)47-19-17-45(18-20-47)14-9-25-10-15-46(16-11-25)34-23-26(8-13-40-34)29-5-6-35(48)42-37(29)49/h3-4,8,13,21-23,25,29,35,41,48H,5-7,9-12,14-20,24H2,1-2H3,(H,42,49)(H,43,44). The van der Waals surface area contributed by atoms with Crippen LogP contribution in [-0.2, 0) is 17.6 Å². The molecule has 50 heavy (non-hydrogen) atoms. The van der Waals surface area contributed by atoms with E-state index in [1.165, 1.54) is 17.7 Å². The predicted octanol–water partition coefficient (Wildman–Crippen LogP) is 4.84. The number of piperidine rings is 2. The molecule has 11 nitrogen and oxygen atoms in total. The Morgan fingerprint density at radius 3 is 2.62 bits per heavy atom. The van der Waals surface area contributed by atoms with Gasteiger partial charge in [-0.1, -0.05) is 19.9 Å². The van der Waals surface area contributed by atoms with Crippen molar-refractivity contribution in [1.82, 2.24) is 35.3 Å². The molecular formula is C39H50N8O3. The zero-order valence-corrected chi connectivity index (χ0v) is 29.4. The maximum atomic E-state index is 13.6. The van der Waals surface area contributed by atoms with Crippen molar-refractivity contribution in [2.45, 2.75) is 77.4 Å². The van der Waals surface area contributed by atoms with Gasteiger partial charge in [0, 0.05) is 73.2 Å². The second kappa shape index (κ2) is 13.5. The van der Waals surface area contributed by atoms with Gasteiger partial charge in [-0.2, -0.15) is 5.10 Å². The first kappa shape index (κ1) is 33.0. The number of aromatic nitrogens is 4. The van der Waals surface area contributed by atoms with Crippen LogP contribution >= 0.6 is 0 Å². The first-order valence-corrected chi connectivity index (χ1v) is 18.6. The average molecular weight is 679 g/mol. The van der Waals surface area contributed by atoms with Gasteiger partial charge in [0.15, 0.2) is 0 Å². The molecule has 0 radical (unpaired) electrons. The molecule has 1 aromatic carbocycles. The topological polar surface area (TPSA) is 133 Å². The van der Waals surface area contributed by atoms with E-state index >= 15 is 0 Å². The smallest absolute Gasteiger partial charge is 0.254 e. The molecule has 264 valence electrons. The average Bonchev–Trinajstić information content (AvgIpc) is 3.74. The van der Waals surface area contributed by atoms with Crippen molar-refractivity contribution in [1.29, 1.82) is 0 Å². The number of nitrogens with one attached hydrogen (secondary N) is 3. The lowest BCUT2D eigenvalue weighted by Crippen LogP contribution is -2.49. The van der Waals surface area contributed by atoms with Crippen molar-refractivity contribution in [2.75, 3.05) is 50.7 Å². The maximum Gasteiger partial charge on any atom is 0.254 e. The summed E-state index contributed by atoms with van der Waals surface area (Å²) in [7, 11) is 0. The fourth-order valence-electron chi connectivity index (χ4n) is 8.57. The normalized spacial score (nSPS) is 23.2. The summed E-state index contributed by atoms with van der Waals surface area (Å²) in [5.74, 6) is 1.39.